The molecule has 9 rings (SSSR count). The first-order chi connectivity index (χ1) is 25.9. The number of allylic oxidation sites excluding steroid dienone is 3. The third-order valence-corrected chi connectivity index (χ3v) is 12.2. The van der Waals surface area contributed by atoms with Crippen molar-refractivity contribution in [2.24, 2.45) is 0 Å². The molecule has 0 saturated carbocycles. The minimum atomic E-state index is -0.318. The fourth-order valence-corrected chi connectivity index (χ4v) is 9.41. The standard InChI is InChI=1S/C48H43N.C3H6.C2H6/c1-29-19-21-32(22-20-29)33-23-25-36-37-26-24-34(28-43(37)46(4,5)42(36)27-33)47(6,7)49-44-18-12-17-41-45(44)38-14-9-11-16-40(38)48(41)31(3)30(2)35-13-8-10-15-39(35)48;1-3-2;1-2/h8-28,49H,1-7H3;3H,1H2,2H3;1-2H3. The summed E-state index contributed by atoms with van der Waals surface area (Å²) in [5.41, 5.74) is 22.2. The minimum absolute atomic E-state index is 0.103. The van der Waals surface area contributed by atoms with Crippen LogP contribution in [0.2, 0.25) is 0 Å². The first kappa shape index (κ1) is 36.9. The van der Waals surface area contributed by atoms with E-state index in [0.717, 1.165) is 0 Å². The molecule has 6 aromatic rings. The van der Waals surface area contributed by atoms with Crippen LogP contribution in [0.15, 0.2) is 146 Å². The SMILES string of the molecule is C=CC.CC.CC1=C(C)C2(c3ccccc31)c1ccccc1-c1c(NC(C)(C)c3ccc4c(c3)C(C)(C)c3cc(-c5ccc(C)cc5)ccc3-4)cccc12. The molecule has 1 N–H and O–H groups in total. The van der Waals surface area contributed by atoms with Crippen LogP contribution in [-0.4, -0.2) is 0 Å². The summed E-state index contributed by atoms with van der Waals surface area (Å²) in [7, 11) is 0. The van der Waals surface area contributed by atoms with Gasteiger partial charge in [-0.2, -0.15) is 0 Å². The number of nitrogens with one attached hydrogen (secondary N) is 1. The van der Waals surface area contributed by atoms with Gasteiger partial charge in [0.15, 0.2) is 0 Å². The van der Waals surface area contributed by atoms with Crippen LogP contribution in [0, 0.1) is 6.92 Å². The van der Waals surface area contributed by atoms with Crippen LogP contribution in [0.3, 0.4) is 0 Å². The fraction of sp³-hybridized carbons (Fsp3) is 0.245. The number of fused-ring (bicyclic) bond motifs is 10. The Labute approximate surface area is 324 Å². The highest BCUT2D eigenvalue weighted by molar-refractivity contribution is 5.98. The van der Waals surface area contributed by atoms with Gasteiger partial charge in [-0.25, -0.2) is 0 Å². The largest absolute Gasteiger partial charge is 0.376 e. The maximum absolute atomic E-state index is 4.09. The van der Waals surface area contributed by atoms with Crippen molar-refractivity contribution < 1.29 is 0 Å². The summed E-state index contributed by atoms with van der Waals surface area (Å²) in [5, 5.41) is 4.09. The molecule has 0 amide bonds. The smallest absolute Gasteiger partial charge is 0.0683 e. The number of anilines is 1. The second-order valence-electron chi connectivity index (χ2n) is 16.0. The van der Waals surface area contributed by atoms with Crippen molar-refractivity contribution >= 4 is 11.3 Å². The Hall–Kier alpha value is -5.40. The zero-order valence-corrected chi connectivity index (χ0v) is 33.9. The van der Waals surface area contributed by atoms with Gasteiger partial charge >= 0.3 is 0 Å². The summed E-state index contributed by atoms with van der Waals surface area (Å²) in [4.78, 5) is 0. The van der Waals surface area contributed by atoms with E-state index in [9.17, 15) is 0 Å². The number of aryl methyl sites for hydroxylation is 1. The van der Waals surface area contributed by atoms with Crippen molar-refractivity contribution in [2.75, 3.05) is 5.32 Å². The van der Waals surface area contributed by atoms with Gasteiger partial charge in [-0.1, -0.05) is 160 Å². The van der Waals surface area contributed by atoms with Crippen molar-refractivity contribution in [3.05, 3.63) is 190 Å². The van der Waals surface area contributed by atoms with Crippen LogP contribution < -0.4 is 5.32 Å². The Morgan fingerprint density at radius 2 is 1.11 bits per heavy atom. The van der Waals surface area contributed by atoms with E-state index in [1.807, 2.05) is 20.8 Å². The van der Waals surface area contributed by atoms with Crippen molar-refractivity contribution in [2.45, 2.75) is 85.6 Å². The highest BCUT2D eigenvalue weighted by Crippen LogP contribution is 2.63. The first-order valence-electron chi connectivity index (χ1n) is 19.7. The van der Waals surface area contributed by atoms with Crippen molar-refractivity contribution in [3.63, 3.8) is 0 Å². The molecule has 1 heteroatoms. The summed E-state index contributed by atoms with van der Waals surface area (Å²) in [6.07, 6.45) is 1.75. The highest BCUT2D eigenvalue weighted by atomic mass is 15.0. The van der Waals surface area contributed by atoms with Gasteiger partial charge in [0.2, 0.25) is 0 Å². The average molecular weight is 706 g/mol. The Morgan fingerprint density at radius 3 is 1.78 bits per heavy atom. The van der Waals surface area contributed by atoms with Crippen molar-refractivity contribution in [1.29, 1.82) is 0 Å². The van der Waals surface area contributed by atoms with E-state index < -0.39 is 0 Å². The summed E-state index contributed by atoms with van der Waals surface area (Å²) >= 11 is 0. The Morgan fingerprint density at radius 1 is 0.574 bits per heavy atom. The molecule has 0 heterocycles. The lowest BCUT2D eigenvalue weighted by Gasteiger charge is -2.33. The molecule has 0 aliphatic heterocycles. The number of rotatable bonds is 4. The van der Waals surface area contributed by atoms with Crippen molar-refractivity contribution in [3.8, 4) is 33.4 Å². The third kappa shape index (κ3) is 5.43. The first-order valence-corrected chi connectivity index (χ1v) is 19.7. The summed E-state index contributed by atoms with van der Waals surface area (Å²) < 4.78 is 0. The van der Waals surface area contributed by atoms with E-state index in [0.29, 0.717) is 0 Å². The normalized spacial score (nSPS) is 16.6. The predicted molar refractivity (Wildman–Crippen MR) is 235 cm³/mol. The lowest BCUT2D eigenvalue weighted by Crippen LogP contribution is -2.29. The van der Waals surface area contributed by atoms with E-state index in [4.69, 9.17) is 0 Å². The van der Waals surface area contributed by atoms with Gasteiger partial charge in [-0.15, -0.1) is 6.58 Å². The molecule has 1 spiro atoms. The summed E-state index contributed by atoms with van der Waals surface area (Å²) in [6, 6.07) is 48.1. The second-order valence-corrected chi connectivity index (χ2v) is 16.0. The molecule has 1 nitrogen and oxygen atoms in total. The van der Waals surface area contributed by atoms with Gasteiger partial charge in [0.05, 0.1) is 11.0 Å². The molecule has 0 aromatic heterocycles. The molecule has 0 bridgehead atoms. The molecule has 0 radical (unpaired) electrons. The van der Waals surface area contributed by atoms with Gasteiger partial charge in [-0.05, 0) is 126 Å². The topological polar surface area (TPSA) is 12.0 Å². The molecule has 6 aromatic carbocycles. The highest BCUT2D eigenvalue weighted by Gasteiger charge is 2.51. The van der Waals surface area contributed by atoms with Gasteiger partial charge in [0, 0.05) is 16.7 Å². The van der Waals surface area contributed by atoms with Crippen LogP contribution in [0.5, 0.6) is 0 Å². The molecule has 272 valence electrons. The monoisotopic (exact) mass is 705 g/mol. The molecule has 0 fully saturated rings. The fourth-order valence-electron chi connectivity index (χ4n) is 9.41. The van der Waals surface area contributed by atoms with Crippen molar-refractivity contribution in [1.82, 2.24) is 0 Å². The number of benzene rings is 6. The molecule has 3 aliphatic rings. The van der Waals surface area contributed by atoms with E-state index in [1.165, 1.54) is 94.7 Å². The molecular formula is C53H55N. The van der Waals surface area contributed by atoms with Gasteiger partial charge < -0.3 is 5.32 Å². The van der Waals surface area contributed by atoms with Crippen LogP contribution in [-0.2, 0) is 16.4 Å². The maximum Gasteiger partial charge on any atom is 0.0683 e. The van der Waals surface area contributed by atoms with E-state index >= 15 is 0 Å². The summed E-state index contributed by atoms with van der Waals surface area (Å²) in [5.74, 6) is 0. The van der Waals surface area contributed by atoms with E-state index in [2.05, 4.69) is 188 Å². The second kappa shape index (κ2) is 13.8. The Balaban J connectivity index is 0.000000859. The average Bonchev–Trinajstić information content (AvgIpc) is 3.70. The molecule has 1 unspecified atom stereocenters. The molecular weight excluding hydrogens is 651 g/mol. The molecule has 54 heavy (non-hydrogen) atoms. The van der Waals surface area contributed by atoms with Gasteiger partial charge in [0.1, 0.15) is 0 Å². The van der Waals surface area contributed by atoms with Crippen LogP contribution >= 0.6 is 0 Å². The Kier molecular flexibility index (Phi) is 9.43. The molecule has 1 atom stereocenters. The number of hydrogen-bond acceptors (Lipinski definition) is 1. The quantitative estimate of drug-likeness (QED) is 0.180. The molecule has 0 saturated heterocycles. The van der Waals surface area contributed by atoms with Crippen LogP contribution in [0.25, 0.3) is 39.0 Å². The summed E-state index contributed by atoms with van der Waals surface area (Å²) in [6.45, 7) is 25.5. The van der Waals surface area contributed by atoms with Gasteiger partial charge in [0.25, 0.3) is 0 Å². The third-order valence-electron chi connectivity index (χ3n) is 12.2. The maximum atomic E-state index is 4.09. The lowest BCUT2D eigenvalue weighted by molar-refractivity contribution is 0.602. The number of hydrogen-bond donors (Lipinski definition) is 1. The lowest BCUT2D eigenvalue weighted by atomic mass is 9.70. The van der Waals surface area contributed by atoms with Crippen LogP contribution in [0.1, 0.15) is 107 Å². The van der Waals surface area contributed by atoms with E-state index in [1.54, 1.807) is 6.08 Å². The van der Waals surface area contributed by atoms with Crippen LogP contribution in [0.4, 0.5) is 5.69 Å². The zero-order chi connectivity index (χ0) is 38.6. The minimum Gasteiger partial charge on any atom is -0.376 e. The zero-order valence-electron chi connectivity index (χ0n) is 33.9. The van der Waals surface area contributed by atoms with Gasteiger partial charge in [-0.3, -0.25) is 0 Å². The predicted octanol–water partition coefficient (Wildman–Crippen LogP) is 14.7. The Bertz CT molecular complexity index is 2430. The van der Waals surface area contributed by atoms with E-state index in [-0.39, 0.29) is 16.4 Å². The molecule has 3 aliphatic carbocycles.